The zero-order valence-corrected chi connectivity index (χ0v) is 7.27. The number of nitrogens with two attached hydrogens (primary N) is 1. The second-order valence-electron chi connectivity index (χ2n) is 2.76. The minimum Gasteiger partial charge on any atom is -0.475 e. The molecule has 4 N–H and O–H groups in total. The largest absolute Gasteiger partial charge is 0.475 e. The summed E-state index contributed by atoms with van der Waals surface area (Å²) in [5, 5.41) is 8.66. The molecule has 0 saturated heterocycles. The molecule has 14 heavy (non-hydrogen) atoms. The Kier molecular flexibility index (Phi) is 1.60. The average molecular weight is 193 g/mol. The maximum absolute atomic E-state index is 10.6. The maximum atomic E-state index is 10.6. The summed E-state index contributed by atoms with van der Waals surface area (Å²) in [5.74, 6) is -0.864. The van der Waals surface area contributed by atoms with Crippen LogP contribution < -0.4 is 5.73 Å². The molecule has 0 aliphatic rings. The van der Waals surface area contributed by atoms with Crippen LogP contribution in [0.3, 0.4) is 0 Å². The number of H-pyrrole nitrogens is 1. The molecule has 0 aliphatic heterocycles. The molecule has 0 amide bonds. The van der Waals surface area contributed by atoms with Gasteiger partial charge in [0, 0.05) is 0 Å². The van der Waals surface area contributed by atoms with E-state index < -0.39 is 5.97 Å². The molecule has 7 heteroatoms. The molecule has 0 atom stereocenters. The van der Waals surface area contributed by atoms with Gasteiger partial charge in [-0.2, -0.15) is 0 Å². The van der Waals surface area contributed by atoms with E-state index in [1.807, 2.05) is 0 Å². The fourth-order valence-electron chi connectivity index (χ4n) is 1.13. The van der Waals surface area contributed by atoms with Crippen LogP contribution in [-0.2, 0) is 0 Å². The van der Waals surface area contributed by atoms with E-state index >= 15 is 0 Å². The molecule has 2 rings (SSSR count). The van der Waals surface area contributed by atoms with Gasteiger partial charge in [-0.3, -0.25) is 0 Å². The molecular weight excluding hydrogens is 186 g/mol. The first-order valence-electron chi connectivity index (χ1n) is 3.81. The van der Waals surface area contributed by atoms with Crippen molar-refractivity contribution in [1.82, 2.24) is 19.9 Å². The van der Waals surface area contributed by atoms with Crippen LogP contribution in [0, 0.1) is 6.92 Å². The van der Waals surface area contributed by atoms with Gasteiger partial charge in [0.05, 0.1) is 0 Å². The number of nitrogens with one attached hydrogen (secondary N) is 1. The number of fused-ring (bicyclic) bond motifs is 1. The minimum atomic E-state index is -1.22. The Morgan fingerprint density at radius 2 is 2.14 bits per heavy atom. The van der Waals surface area contributed by atoms with E-state index in [0.717, 1.165) is 0 Å². The number of anilines is 1. The topological polar surface area (TPSA) is 118 Å². The fourth-order valence-corrected chi connectivity index (χ4v) is 1.13. The number of aryl methyl sites for hydroxylation is 1. The summed E-state index contributed by atoms with van der Waals surface area (Å²) >= 11 is 0. The van der Waals surface area contributed by atoms with Crippen LogP contribution in [0.1, 0.15) is 16.4 Å². The van der Waals surface area contributed by atoms with Crippen molar-refractivity contribution in [2.45, 2.75) is 6.92 Å². The third kappa shape index (κ3) is 1.15. The average Bonchev–Trinajstić information content (AvgIpc) is 2.45. The number of aromatic nitrogens is 4. The van der Waals surface area contributed by atoms with Crippen molar-refractivity contribution >= 4 is 23.0 Å². The van der Waals surface area contributed by atoms with Gasteiger partial charge in [-0.15, -0.1) is 0 Å². The number of nitrogen functional groups attached to an aromatic ring is 1. The van der Waals surface area contributed by atoms with Gasteiger partial charge in [0.15, 0.2) is 11.5 Å². The number of nitrogens with zero attached hydrogens (tertiary/aromatic N) is 3. The van der Waals surface area contributed by atoms with Gasteiger partial charge in [-0.25, -0.2) is 19.7 Å². The molecule has 0 fully saturated rings. The van der Waals surface area contributed by atoms with Gasteiger partial charge in [0.1, 0.15) is 11.3 Å². The maximum Gasteiger partial charge on any atom is 0.374 e. The van der Waals surface area contributed by atoms with E-state index in [1.54, 1.807) is 6.92 Å². The number of hydrogen-bond acceptors (Lipinski definition) is 5. The highest BCUT2D eigenvalue weighted by atomic mass is 16.4. The number of hydrogen-bond donors (Lipinski definition) is 3. The monoisotopic (exact) mass is 193 g/mol. The Hall–Kier alpha value is -2.18. The highest BCUT2D eigenvalue weighted by molar-refractivity contribution is 5.89. The summed E-state index contributed by atoms with van der Waals surface area (Å²) in [6.07, 6.45) is 0. The third-order valence-electron chi connectivity index (χ3n) is 1.69. The Balaban J connectivity index is 2.77. The number of aromatic amines is 1. The van der Waals surface area contributed by atoms with E-state index in [-0.39, 0.29) is 17.3 Å². The number of carboxylic acid groups (broad SMARTS) is 1. The lowest BCUT2D eigenvalue weighted by atomic mass is 10.4. The van der Waals surface area contributed by atoms with Crippen molar-refractivity contribution in [2.75, 3.05) is 5.73 Å². The first-order valence-corrected chi connectivity index (χ1v) is 3.81. The summed E-state index contributed by atoms with van der Waals surface area (Å²) in [4.78, 5) is 24.7. The summed E-state index contributed by atoms with van der Waals surface area (Å²) in [5.41, 5.74) is 6.26. The highest BCUT2D eigenvalue weighted by Gasteiger charge is 2.13. The lowest BCUT2D eigenvalue weighted by Gasteiger charge is -1.95. The molecule has 72 valence electrons. The van der Waals surface area contributed by atoms with Crippen LogP contribution in [0.4, 0.5) is 5.82 Å². The highest BCUT2D eigenvalue weighted by Crippen LogP contribution is 2.14. The second-order valence-corrected chi connectivity index (χ2v) is 2.76. The van der Waals surface area contributed by atoms with E-state index in [9.17, 15) is 4.79 Å². The Labute approximate surface area is 78.0 Å². The van der Waals surface area contributed by atoms with Crippen molar-refractivity contribution < 1.29 is 9.90 Å². The zero-order chi connectivity index (χ0) is 10.3. The SMILES string of the molecule is Cc1nc2nc(C(=O)O)nc(N)c2[nH]1. The van der Waals surface area contributed by atoms with Gasteiger partial charge in [-0.1, -0.05) is 0 Å². The molecule has 2 aromatic heterocycles. The van der Waals surface area contributed by atoms with Crippen LogP contribution in [0.2, 0.25) is 0 Å². The predicted octanol–water partition coefficient (Wildman–Crippen LogP) is -0.0583. The minimum absolute atomic E-state index is 0.0907. The molecule has 0 bridgehead atoms. The van der Waals surface area contributed by atoms with Gasteiger partial charge >= 0.3 is 5.97 Å². The quantitative estimate of drug-likeness (QED) is 0.584. The van der Waals surface area contributed by atoms with Crippen molar-refractivity contribution in [3.05, 3.63) is 11.6 Å². The van der Waals surface area contributed by atoms with Crippen molar-refractivity contribution in [3.8, 4) is 0 Å². The van der Waals surface area contributed by atoms with Crippen molar-refractivity contribution in [2.24, 2.45) is 0 Å². The van der Waals surface area contributed by atoms with Crippen molar-refractivity contribution in [3.63, 3.8) is 0 Å². The normalized spacial score (nSPS) is 10.6. The third-order valence-corrected chi connectivity index (χ3v) is 1.69. The number of rotatable bonds is 1. The van der Waals surface area contributed by atoms with E-state index in [4.69, 9.17) is 10.8 Å². The number of imidazole rings is 1. The van der Waals surface area contributed by atoms with Crippen LogP contribution in [0.5, 0.6) is 0 Å². The van der Waals surface area contributed by atoms with Crippen LogP contribution >= 0.6 is 0 Å². The molecular formula is C7H7N5O2. The molecule has 0 aliphatic carbocycles. The lowest BCUT2D eigenvalue weighted by molar-refractivity contribution is 0.0684. The van der Waals surface area contributed by atoms with Gasteiger partial charge in [0.2, 0.25) is 5.82 Å². The molecule has 7 nitrogen and oxygen atoms in total. The first-order chi connectivity index (χ1) is 6.58. The molecule has 0 unspecified atom stereocenters. The summed E-state index contributed by atoms with van der Waals surface area (Å²) < 4.78 is 0. The van der Waals surface area contributed by atoms with E-state index in [2.05, 4.69) is 19.9 Å². The molecule has 2 aromatic rings. The lowest BCUT2D eigenvalue weighted by Crippen LogP contribution is -2.06. The molecule has 0 radical (unpaired) electrons. The van der Waals surface area contributed by atoms with Gasteiger partial charge in [-0.05, 0) is 6.92 Å². The second kappa shape index (κ2) is 2.66. The number of aromatic carboxylic acids is 1. The first kappa shape index (κ1) is 8.42. The molecule has 0 saturated carbocycles. The van der Waals surface area contributed by atoms with Crippen LogP contribution in [0.25, 0.3) is 11.2 Å². The Bertz CT molecular complexity index is 518. The Morgan fingerprint density at radius 3 is 2.79 bits per heavy atom. The van der Waals surface area contributed by atoms with Crippen LogP contribution in [-0.4, -0.2) is 31.0 Å². The standard InChI is InChI=1S/C7H7N5O2/c1-2-9-3-4(8)11-6(7(13)14)12-5(3)10-2/h1H3,(H,13,14)(H3,8,9,10,11,12). The number of carboxylic acids is 1. The number of carbonyl (C=O) groups is 1. The fraction of sp³-hybridized carbons (Fsp3) is 0.143. The molecule has 0 spiro atoms. The Morgan fingerprint density at radius 1 is 1.43 bits per heavy atom. The van der Waals surface area contributed by atoms with Gasteiger partial charge in [0.25, 0.3) is 0 Å². The predicted molar refractivity (Wildman–Crippen MR) is 47.8 cm³/mol. The van der Waals surface area contributed by atoms with Gasteiger partial charge < -0.3 is 15.8 Å². The summed E-state index contributed by atoms with van der Waals surface area (Å²) in [6.45, 7) is 1.72. The van der Waals surface area contributed by atoms with E-state index in [1.165, 1.54) is 0 Å². The summed E-state index contributed by atoms with van der Waals surface area (Å²) in [7, 11) is 0. The molecule has 2 heterocycles. The summed E-state index contributed by atoms with van der Waals surface area (Å²) in [6, 6.07) is 0. The smallest absolute Gasteiger partial charge is 0.374 e. The van der Waals surface area contributed by atoms with Crippen molar-refractivity contribution in [1.29, 1.82) is 0 Å². The van der Waals surface area contributed by atoms with E-state index in [0.29, 0.717) is 11.3 Å². The van der Waals surface area contributed by atoms with Crippen LogP contribution in [0.15, 0.2) is 0 Å². The molecule has 0 aromatic carbocycles. The zero-order valence-electron chi connectivity index (χ0n) is 7.27.